The normalized spacial score (nSPS) is 18.5. The Morgan fingerprint density at radius 3 is 2.42 bits per heavy atom. The largest absolute Gasteiger partial charge is 0.506 e. The summed E-state index contributed by atoms with van der Waals surface area (Å²) in [7, 11) is 0. The number of aromatic nitrogens is 1. The molecule has 3 fully saturated rings. The Morgan fingerprint density at radius 1 is 0.915 bits per heavy atom. The molecule has 0 aliphatic carbocycles. The van der Waals surface area contributed by atoms with Crippen LogP contribution in [0.2, 0.25) is 0 Å². The summed E-state index contributed by atoms with van der Waals surface area (Å²) < 4.78 is 17.9. The number of aromatic hydroxyl groups is 1. The van der Waals surface area contributed by atoms with Gasteiger partial charge < -0.3 is 40.0 Å². The van der Waals surface area contributed by atoms with Crippen LogP contribution in [0.15, 0.2) is 108 Å². The first-order chi connectivity index (χ1) is 28.5. The molecule has 0 spiro atoms. The fourth-order valence-corrected chi connectivity index (χ4v) is 8.02. The molecule has 310 valence electrons. The van der Waals surface area contributed by atoms with Crippen LogP contribution in [0.1, 0.15) is 79.5 Å². The Morgan fingerprint density at radius 2 is 1.68 bits per heavy atom. The molecule has 3 aliphatic heterocycles. The number of unbranched alkanes of at least 4 members (excludes halogenated alkanes) is 1. The molecule has 5 N–H and O–H groups in total. The minimum Gasteiger partial charge on any atom is -0.506 e. The molecule has 12 heteroatoms. The number of hydrogen-bond acceptors (Lipinski definition) is 10. The molecule has 4 heterocycles. The first-order valence-electron chi connectivity index (χ1n) is 20.5. The predicted molar refractivity (Wildman–Crippen MR) is 225 cm³/mol. The SMILES string of the molecule is CC(C)(C(=O)OCCCCNC[C@H](O)c1ccc(O)c2[nH]c(=O)ccc12)c1ccc(COc2cccc(C(NC(=O)O[C@H]3CN4CCC3CC4)c3ccccc3)c2)cc1. The van der Waals surface area contributed by atoms with E-state index in [0.29, 0.717) is 47.7 Å². The van der Waals surface area contributed by atoms with E-state index in [1.54, 1.807) is 12.1 Å². The van der Waals surface area contributed by atoms with Gasteiger partial charge in [0.05, 0.1) is 29.7 Å². The first kappa shape index (κ1) is 41.5. The van der Waals surface area contributed by atoms with Gasteiger partial charge in [0, 0.05) is 24.5 Å². The van der Waals surface area contributed by atoms with Gasteiger partial charge in [-0.15, -0.1) is 0 Å². The molecule has 4 aromatic carbocycles. The minimum atomic E-state index is -0.859. The number of rotatable bonds is 17. The van der Waals surface area contributed by atoms with Crippen molar-refractivity contribution in [3.8, 4) is 11.5 Å². The van der Waals surface area contributed by atoms with E-state index in [1.165, 1.54) is 12.1 Å². The zero-order chi connectivity index (χ0) is 41.4. The summed E-state index contributed by atoms with van der Waals surface area (Å²) in [6.45, 7) is 8.13. The van der Waals surface area contributed by atoms with E-state index in [4.69, 9.17) is 14.2 Å². The number of ether oxygens (including phenoxy) is 3. The third-order valence-corrected chi connectivity index (χ3v) is 11.6. The molecule has 3 atom stereocenters. The molecule has 1 amide bonds. The topological polar surface area (TPSA) is 162 Å². The van der Waals surface area contributed by atoms with Crippen LogP contribution < -0.4 is 20.9 Å². The van der Waals surface area contributed by atoms with Gasteiger partial charge in [0.2, 0.25) is 5.56 Å². The lowest BCUT2D eigenvalue weighted by molar-refractivity contribution is -0.149. The molecular weight excluding hydrogens is 749 g/mol. The molecule has 3 aliphatic rings. The number of nitrogens with zero attached hydrogens (tertiary/aromatic N) is 1. The fourth-order valence-electron chi connectivity index (χ4n) is 8.02. The first-order valence-corrected chi connectivity index (χ1v) is 20.5. The van der Waals surface area contributed by atoms with Gasteiger partial charge in [0.15, 0.2) is 0 Å². The summed E-state index contributed by atoms with van der Waals surface area (Å²) in [5, 5.41) is 27.8. The van der Waals surface area contributed by atoms with Crippen molar-refractivity contribution in [1.82, 2.24) is 20.5 Å². The van der Waals surface area contributed by atoms with E-state index in [9.17, 15) is 24.6 Å². The predicted octanol–water partition coefficient (Wildman–Crippen LogP) is 6.65. The van der Waals surface area contributed by atoms with Gasteiger partial charge in [0.25, 0.3) is 0 Å². The number of fused-ring (bicyclic) bond motifs is 4. The number of aliphatic hydroxyl groups is 1. The van der Waals surface area contributed by atoms with Crippen LogP contribution in [-0.2, 0) is 26.3 Å². The maximum atomic E-state index is 13.2. The van der Waals surface area contributed by atoms with E-state index in [0.717, 1.165) is 61.2 Å². The lowest BCUT2D eigenvalue weighted by Crippen LogP contribution is -2.52. The van der Waals surface area contributed by atoms with Crippen molar-refractivity contribution in [2.24, 2.45) is 5.92 Å². The van der Waals surface area contributed by atoms with Crippen LogP contribution in [-0.4, -0.2) is 77.6 Å². The zero-order valence-corrected chi connectivity index (χ0v) is 33.7. The van der Waals surface area contributed by atoms with Crippen LogP contribution in [0.4, 0.5) is 4.79 Å². The lowest BCUT2D eigenvalue weighted by Gasteiger charge is -2.43. The minimum absolute atomic E-state index is 0.0528. The number of aromatic amines is 1. The molecular formula is C47H54N4O8. The van der Waals surface area contributed by atoms with Gasteiger partial charge in [-0.05, 0) is 117 Å². The molecule has 8 rings (SSSR count). The number of hydrogen-bond donors (Lipinski definition) is 5. The molecule has 12 nitrogen and oxygen atoms in total. The number of carbonyl (C=O) groups is 2. The summed E-state index contributed by atoms with van der Waals surface area (Å²) in [5.74, 6) is 0.722. The number of piperidine rings is 3. The van der Waals surface area contributed by atoms with Crippen molar-refractivity contribution in [3.05, 3.63) is 141 Å². The average Bonchev–Trinajstić information content (AvgIpc) is 3.25. The van der Waals surface area contributed by atoms with E-state index in [-0.39, 0.29) is 36.5 Å². The number of nitrogens with one attached hydrogen (secondary N) is 3. The lowest BCUT2D eigenvalue weighted by atomic mass is 9.84. The Bertz CT molecular complexity index is 2250. The number of carbonyl (C=O) groups excluding carboxylic acids is 2. The maximum absolute atomic E-state index is 13.2. The third-order valence-electron chi connectivity index (χ3n) is 11.6. The van der Waals surface area contributed by atoms with Crippen LogP contribution in [0.3, 0.4) is 0 Å². The zero-order valence-electron chi connectivity index (χ0n) is 33.7. The van der Waals surface area contributed by atoms with E-state index in [1.807, 2.05) is 92.7 Å². The summed E-state index contributed by atoms with van der Waals surface area (Å²) >= 11 is 0. The van der Waals surface area contributed by atoms with Crippen molar-refractivity contribution < 1.29 is 34.0 Å². The molecule has 59 heavy (non-hydrogen) atoms. The fraction of sp³-hybridized carbons (Fsp3) is 0.383. The van der Waals surface area contributed by atoms with Gasteiger partial charge in [-0.1, -0.05) is 72.8 Å². The van der Waals surface area contributed by atoms with Crippen molar-refractivity contribution >= 4 is 23.0 Å². The molecule has 0 radical (unpaired) electrons. The van der Waals surface area contributed by atoms with Crippen molar-refractivity contribution in [2.75, 3.05) is 39.3 Å². The number of aliphatic hydroxyl groups excluding tert-OH is 1. The third kappa shape index (κ3) is 10.3. The monoisotopic (exact) mass is 802 g/mol. The van der Waals surface area contributed by atoms with E-state index < -0.39 is 23.7 Å². The molecule has 1 unspecified atom stereocenters. The number of phenols is 1. The van der Waals surface area contributed by atoms with Gasteiger partial charge in [-0.3, -0.25) is 14.5 Å². The Balaban J connectivity index is 0.859. The van der Waals surface area contributed by atoms with Gasteiger partial charge >= 0.3 is 12.1 Å². The number of pyridine rings is 1. The Labute approximate surface area is 344 Å². The number of alkyl carbamates (subject to hydrolysis) is 1. The highest BCUT2D eigenvalue weighted by molar-refractivity contribution is 5.87. The van der Waals surface area contributed by atoms with Crippen LogP contribution >= 0.6 is 0 Å². The molecule has 3 saturated heterocycles. The van der Waals surface area contributed by atoms with Gasteiger partial charge in [0.1, 0.15) is 24.2 Å². The number of phenolic OH excluding ortho intramolecular Hbond substituents is 1. The Kier molecular flexibility index (Phi) is 13.3. The van der Waals surface area contributed by atoms with Crippen LogP contribution in [0.25, 0.3) is 10.9 Å². The summed E-state index contributed by atoms with van der Waals surface area (Å²) in [5.41, 5.74) is 3.30. The van der Waals surface area contributed by atoms with E-state index >= 15 is 0 Å². The van der Waals surface area contributed by atoms with Crippen molar-refractivity contribution in [3.63, 3.8) is 0 Å². The van der Waals surface area contributed by atoms with Crippen LogP contribution in [0, 0.1) is 5.92 Å². The average molecular weight is 803 g/mol. The molecule has 5 aromatic rings. The van der Waals surface area contributed by atoms with E-state index in [2.05, 4.69) is 20.5 Å². The Hall–Kier alpha value is -5.69. The summed E-state index contributed by atoms with van der Waals surface area (Å²) in [4.78, 5) is 43.1. The van der Waals surface area contributed by atoms with Crippen molar-refractivity contribution in [1.29, 1.82) is 0 Å². The van der Waals surface area contributed by atoms with Crippen LogP contribution in [0.5, 0.6) is 11.5 Å². The standard InChI is InChI=1S/C47H54N4O8/c1-47(2,45(55)57-26-7-6-23-48-28-40(53)37-17-19-39(52)44-38(37)18-20-42(54)49-44)35-15-13-31(14-16-35)30-58-36-12-8-11-34(27-36)43(33-9-4-3-5-10-33)50-46(56)59-41-29-51-24-21-32(41)22-25-51/h3-5,8-20,27,32,40-41,43,48,52-53H,6-7,21-26,28-30H2,1-2H3,(H,49,54)(H,50,56)/t40-,41-,43?/m0/s1. The maximum Gasteiger partial charge on any atom is 0.408 e. The quantitative estimate of drug-likeness (QED) is 0.0509. The number of benzene rings is 4. The molecule has 2 bridgehead atoms. The second-order valence-electron chi connectivity index (χ2n) is 16.1. The molecule has 1 aromatic heterocycles. The highest BCUT2D eigenvalue weighted by Gasteiger charge is 2.37. The number of H-pyrrole nitrogens is 1. The summed E-state index contributed by atoms with van der Waals surface area (Å²) in [6.07, 6.45) is 2.17. The second-order valence-corrected chi connectivity index (χ2v) is 16.1. The smallest absolute Gasteiger partial charge is 0.408 e. The van der Waals surface area contributed by atoms with Gasteiger partial charge in [-0.2, -0.15) is 0 Å². The number of esters is 1. The number of amides is 1. The summed E-state index contributed by atoms with van der Waals surface area (Å²) in [6, 6.07) is 31.0. The highest BCUT2D eigenvalue weighted by atomic mass is 16.6. The van der Waals surface area contributed by atoms with Crippen molar-refractivity contribution in [2.45, 2.75) is 69.8 Å². The second kappa shape index (κ2) is 18.9. The highest BCUT2D eigenvalue weighted by Crippen LogP contribution is 2.32. The van der Waals surface area contributed by atoms with Gasteiger partial charge in [-0.25, -0.2) is 4.79 Å². The molecule has 0 saturated carbocycles.